The molecule has 0 radical (unpaired) electrons. The Labute approximate surface area is 135 Å². The molecule has 1 heterocycles. The van der Waals surface area contributed by atoms with E-state index in [1.54, 1.807) is 12.1 Å². The minimum absolute atomic E-state index is 0.246. The lowest BCUT2D eigenvalue weighted by Crippen LogP contribution is -2.25. The fourth-order valence-corrected chi connectivity index (χ4v) is 2.83. The van der Waals surface area contributed by atoms with E-state index in [0.29, 0.717) is 4.31 Å². The lowest BCUT2D eigenvalue weighted by atomic mass is 10.3. The fourth-order valence-electron chi connectivity index (χ4n) is 1.76. The van der Waals surface area contributed by atoms with Crippen molar-refractivity contribution >= 4 is 10.0 Å². The highest BCUT2D eigenvalue weighted by atomic mass is 32.2. The van der Waals surface area contributed by atoms with Crippen LogP contribution in [0.1, 0.15) is 5.69 Å². The minimum atomic E-state index is -4.64. The number of rotatable bonds is 5. The first-order chi connectivity index (χ1) is 11.2. The molecule has 10 heteroatoms. The summed E-state index contributed by atoms with van der Waals surface area (Å²) >= 11 is 0. The van der Waals surface area contributed by atoms with Crippen molar-refractivity contribution < 1.29 is 30.7 Å². The zero-order valence-electron chi connectivity index (χ0n) is 12.6. The van der Waals surface area contributed by atoms with Gasteiger partial charge in [0, 0.05) is 20.3 Å². The molecule has 0 atom stereocenters. The van der Waals surface area contributed by atoms with E-state index in [4.69, 9.17) is 4.74 Å². The van der Waals surface area contributed by atoms with Crippen LogP contribution in [-0.2, 0) is 16.6 Å². The second-order valence-corrected chi connectivity index (χ2v) is 6.90. The van der Waals surface area contributed by atoms with Gasteiger partial charge in [-0.2, -0.15) is 4.39 Å². The predicted molar refractivity (Wildman–Crippen MR) is 75.7 cm³/mol. The Kier molecular flexibility index (Phi) is 5.09. The van der Waals surface area contributed by atoms with Crippen LogP contribution in [0.15, 0.2) is 29.3 Å². The maximum absolute atomic E-state index is 14.0. The number of hydrogen-bond acceptors (Lipinski definition) is 4. The topological polar surface area (TPSA) is 59.5 Å². The zero-order chi connectivity index (χ0) is 18.1. The van der Waals surface area contributed by atoms with Crippen molar-refractivity contribution in [2.45, 2.75) is 11.5 Å². The number of pyridine rings is 1. The van der Waals surface area contributed by atoms with Crippen LogP contribution in [0.4, 0.5) is 17.6 Å². The molecule has 2 rings (SSSR count). The third-order valence-corrected chi connectivity index (χ3v) is 4.85. The SMILES string of the molecule is CN(C)S(=O)(=O)c1c(F)c(F)c(F)c(F)c1OCc1ccccn1. The van der Waals surface area contributed by atoms with E-state index < -0.39 is 50.5 Å². The van der Waals surface area contributed by atoms with Crippen LogP contribution in [0.25, 0.3) is 0 Å². The zero-order valence-corrected chi connectivity index (χ0v) is 13.4. The first kappa shape index (κ1) is 18.1. The van der Waals surface area contributed by atoms with Gasteiger partial charge in [0.15, 0.2) is 22.3 Å². The van der Waals surface area contributed by atoms with Gasteiger partial charge in [-0.25, -0.2) is 25.9 Å². The molecule has 0 aliphatic heterocycles. The highest BCUT2D eigenvalue weighted by molar-refractivity contribution is 7.89. The quantitative estimate of drug-likeness (QED) is 0.465. The van der Waals surface area contributed by atoms with Crippen molar-refractivity contribution in [3.8, 4) is 5.75 Å². The van der Waals surface area contributed by atoms with Crippen molar-refractivity contribution in [1.29, 1.82) is 0 Å². The molecular weight excluding hydrogens is 352 g/mol. The second kappa shape index (κ2) is 6.73. The number of hydrogen-bond donors (Lipinski definition) is 0. The maximum Gasteiger partial charge on any atom is 0.249 e. The van der Waals surface area contributed by atoms with Gasteiger partial charge >= 0.3 is 0 Å². The molecule has 0 fully saturated rings. The van der Waals surface area contributed by atoms with Crippen LogP contribution in [0.3, 0.4) is 0 Å². The van der Waals surface area contributed by atoms with Crippen molar-refractivity contribution in [1.82, 2.24) is 9.29 Å². The first-order valence-electron chi connectivity index (χ1n) is 6.49. The van der Waals surface area contributed by atoms with Crippen molar-refractivity contribution in [2.75, 3.05) is 14.1 Å². The standard InChI is InChI=1S/C14H12F4N2O3S/c1-20(2)24(21,22)14-12(18)10(16)9(15)11(17)13(14)23-7-8-5-3-4-6-19-8/h3-6H,7H2,1-2H3. The smallest absolute Gasteiger partial charge is 0.249 e. The molecule has 0 saturated carbocycles. The molecule has 0 spiro atoms. The van der Waals surface area contributed by atoms with E-state index in [-0.39, 0.29) is 5.69 Å². The van der Waals surface area contributed by atoms with Crippen molar-refractivity contribution in [2.24, 2.45) is 0 Å². The Morgan fingerprint density at radius 2 is 1.67 bits per heavy atom. The summed E-state index contributed by atoms with van der Waals surface area (Å²) in [6.45, 7) is -0.474. The number of benzene rings is 1. The molecule has 0 unspecified atom stereocenters. The highest BCUT2D eigenvalue weighted by Crippen LogP contribution is 2.35. The molecule has 130 valence electrons. The van der Waals surface area contributed by atoms with Crippen LogP contribution in [0.5, 0.6) is 5.75 Å². The average Bonchev–Trinajstić information content (AvgIpc) is 2.55. The highest BCUT2D eigenvalue weighted by Gasteiger charge is 2.35. The Bertz CT molecular complexity index is 858. The number of ether oxygens (including phenoxy) is 1. The van der Waals surface area contributed by atoms with E-state index in [9.17, 15) is 26.0 Å². The Hall–Kier alpha value is -2.20. The molecule has 1 aromatic carbocycles. The molecule has 24 heavy (non-hydrogen) atoms. The molecule has 2 aromatic rings. The molecular formula is C14H12F4N2O3S. The summed E-state index contributed by atoms with van der Waals surface area (Å²) in [5.41, 5.74) is 0.246. The number of nitrogens with zero attached hydrogens (tertiary/aromatic N) is 2. The molecule has 5 nitrogen and oxygen atoms in total. The summed E-state index contributed by atoms with van der Waals surface area (Å²) in [6, 6.07) is 4.63. The largest absolute Gasteiger partial charge is 0.483 e. The second-order valence-electron chi connectivity index (χ2n) is 4.81. The minimum Gasteiger partial charge on any atom is -0.483 e. The van der Waals surface area contributed by atoms with Crippen molar-refractivity contribution in [3.63, 3.8) is 0 Å². The van der Waals surface area contributed by atoms with Gasteiger partial charge in [-0.15, -0.1) is 0 Å². The van der Waals surface area contributed by atoms with Crippen LogP contribution >= 0.6 is 0 Å². The van der Waals surface area contributed by atoms with Gasteiger partial charge in [0.05, 0.1) is 5.69 Å². The molecule has 0 bridgehead atoms. The molecule has 0 amide bonds. The predicted octanol–water partition coefficient (Wildman–Crippen LogP) is 2.47. The summed E-state index contributed by atoms with van der Waals surface area (Å²) in [4.78, 5) is 2.43. The number of aromatic nitrogens is 1. The lowest BCUT2D eigenvalue weighted by molar-refractivity contribution is 0.259. The van der Waals surface area contributed by atoms with E-state index in [0.717, 1.165) is 14.1 Å². The van der Waals surface area contributed by atoms with Crippen LogP contribution < -0.4 is 4.74 Å². The Balaban J connectivity index is 2.61. The summed E-state index contributed by atoms with van der Waals surface area (Å²) in [7, 11) is -2.59. The summed E-state index contributed by atoms with van der Waals surface area (Å²) in [5.74, 6) is -9.64. The van der Waals surface area contributed by atoms with E-state index in [1.807, 2.05) is 0 Å². The van der Waals surface area contributed by atoms with Gasteiger partial charge in [-0.3, -0.25) is 4.98 Å². The lowest BCUT2D eigenvalue weighted by Gasteiger charge is -2.17. The van der Waals surface area contributed by atoms with Crippen LogP contribution in [-0.4, -0.2) is 31.8 Å². The first-order valence-corrected chi connectivity index (χ1v) is 7.93. The van der Waals surface area contributed by atoms with Gasteiger partial charge in [0.1, 0.15) is 6.61 Å². The number of sulfonamides is 1. The molecule has 0 N–H and O–H groups in total. The molecule has 0 aliphatic rings. The molecule has 0 saturated heterocycles. The van der Waals surface area contributed by atoms with Gasteiger partial charge in [0.25, 0.3) is 0 Å². The van der Waals surface area contributed by atoms with Crippen LogP contribution in [0, 0.1) is 23.3 Å². The van der Waals surface area contributed by atoms with Gasteiger partial charge in [-0.1, -0.05) is 6.07 Å². The van der Waals surface area contributed by atoms with Gasteiger partial charge < -0.3 is 4.74 Å². The van der Waals surface area contributed by atoms with Gasteiger partial charge in [-0.05, 0) is 12.1 Å². The molecule has 1 aromatic heterocycles. The average molecular weight is 364 g/mol. The Morgan fingerprint density at radius 3 is 2.21 bits per heavy atom. The Morgan fingerprint density at radius 1 is 1.04 bits per heavy atom. The van der Waals surface area contributed by atoms with Crippen molar-refractivity contribution in [3.05, 3.63) is 53.4 Å². The number of halogens is 4. The van der Waals surface area contributed by atoms with E-state index >= 15 is 0 Å². The van der Waals surface area contributed by atoms with Gasteiger partial charge in [0.2, 0.25) is 21.7 Å². The third-order valence-electron chi connectivity index (χ3n) is 3.01. The monoisotopic (exact) mass is 364 g/mol. The third kappa shape index (κ3) is 3.20. The molecule has 0 aliphatic carbocycles. The summed E-state index contributed by atoms with van der Waals surface area (Å²) in [5, 5.41) is 0. The summed E-state index contributed by atoms with van der Waals surface area (Å²) < 4.78 is 84.6. The van der Waals surface area contributed by atoms with Crippen LogP contribution in [0.2, 0.25) is 0 Å². The van der Waals surface area contributed by atoms with E-state index in [1.165, 1.54) is 12.3 Å². The maximum atomic E-state index is 14.0. The van der Waals surface area contributed by atoms with E-state index in [2.05, 4.69) is 4.98 Å². The normalized spacial score (nSPS) is 11.8. The fraction of sp³-hybridized carbons (Fsp3) is 0.214. The summed E-state index contributed by atoms with van der Waals surface area (Å²) in [6.07, 6.45) is 1.39.